The van der Waals surface area contributed by atoms with Crippen LogP contribution in [0.5, 0.6) is 5.75 Å². The molecule has 0 amide bonds. The highest BCUT2D eigenvalue weighted by molar-refractivity contribution is 7.99. The zero-order valence-electron chi connectivity index (χ0n) is 15.2. The number of ether oxygens (including phenoxy) is 1. The molecule has 1 saturated carbocycles. The Morgan fingerprint density at radius 1 is 1.38 bits per heavy atom. The first-order valence-electron chi connectivity index (χ1n) is 8.96. The van der Waals surface area contributed by atoms with Gasteiger partial charge in [0.05, 0.1) is 6.61 Å². The maximum atomic E-state index is 5.70. The second-order valence-electron chi connectivity index (χ2n) is 6.26. The third-order valence-corrected chi connectivity index (χ3v) is 5.45. The third kappa shape index (κ3) is 6.27. The van der Waals surface area contributed by atoms with Crippen LogP contribution < -0.4 is 15.4 Å². The molecule has 1 aromatic rings. The van der Waals surface area contributed by atoms with Crippen molar-refractivity contribution in [2.45, 2.75) is 50.3 Å². The van der Waals surface area contributed by atoms with E-state index in [1.807, 2.05) is 24.9 Å². The number of guanidine groups is 1. The average Bonchev–Trinajstić information content (AvgIpc) is 3.07. The summed E-state index contributed by atoms with van der Waals surface area (Å²) in [6, 6.07) is 8.92. The summed E-state index contributed by atoms with van der Waals surface area (Å²) in [6.45, 7) is 3.77. The van der Waals surface area contributed by atoms with Crippen molar-refractivity contribution < 1.29 is 4.74 Å². The van der Waals surface area contributed by atoms with Crippen molar-refractivity contribution in [2.24, 2.45) is 4.99 Å². The monoisotopic (exact) mass is 349 g/mol. The van der Waals surface area contributed by atoms with Gasteiger partial charge in [-0.1, -0.05) is 19.1 Å². The quantitative estimate of drug-likeness (QED) is 0.557. The summed E-state index contributed by atoms with van der Waals surface area (Å²) >= 11 is 1.98. The first-order chi connectivity index (χ1) is 11.7. The zero-order chi connectivity index (χ0) is 17.2. The highest BCUT2D eigenvalue weighted by atomic mass is 32.2. The van der Waals surface area contributed by atoms with Gasteiger partial charge in [-0.3, -0.25) is 4.99 Å². The summed E-state index contributed by atoms with van der Waals surface area (Å²) in [5.74, 6) is 1.88. The Labute approximate surface area is 150 Å². The molecule has 0 aromatic heterocycles. The van der Waals surface area contributed by atoms with Gasteiger partial charge in [-0.05, 0) is 56.1 Å². The number of thioether (sulfide) groups is 1. The predicted molar refractivity (Wildman–Crippen MR) is 105 cm³/mol. The van der Waals surface area contributed by atoms with Crippen LogP contribution in [0.4, 0.5) is 0 Å². The van der Waals surface area contributed by atoms with Gasteiger partial charge in [0.15, 0.2) is 5.96 Å². The lowest BCUT2D eigenvalue weighted by Gasteiger charge is -2.17. The van der Waals surface area contributed by atoms with Gasteiger partial charge >= 0.3 is 0 Å². The molecule has 2 rings (SSSR count). The van der Waals surface area contributed by atoms with Crippen LogP contribution in [-0.4, -0.2) is 43.7 Å². The second-order valence-corrected chi connectivity index (χ2v) is 7.39. The van der Waals surface area contributed by atoms with Gasteiger partial charge in [0, 0.05) is 24.9 Å². The molecular formula is C19H31N3OS. The Morgan fingerprint density at radius 3 is 2.96 bits per heavy atom. The Hall–Kier alpha value is -1.36. The van der Waals surface area contributed by atoms with Crippen LogP contribution in [0.1, 0.15) is 38.2 Å². The summed E-state index contributed by atoms with van der Waals surface area (Å²) in [6.07, 6.45) is 7.98. The van der Waals surface area contributed by atoms with Gasteiger partial charge in [0.1, 0.15) is 5.75 Å². The molecule has 0 heterocycles. The van der Waals surface area contributed by atoms with Gasteiger partial charge in [0.2, 0.25) is 0 Å². The summed E-state index contributed by atoms with van der Waals surface area (Å²) in [4.78, 5) is 4.35. The predicted octanol–water partition coefficient (Wildman–Crippen LogP) is 3.47. The number of rotatable bonds is 8. The Kier molecular flexibility index (Phi) is 8.29. The number of nitrogens with zero attached hydrogens (tertiary/aromatic N) is 1. The van der Waals surface area contributed by atoms with Gasteiger partial charge in [0.25, 0.3) is 0 Å². The molecule has 24 heavy (non-hydrogen) atoms. The molecular weight excluding hydrogens is 318 g/mol. The van der Waals surface area contributed by atoms with E-state index in [2.05, 4.69) is 47.0 Å². The molecule has 1 aromatic carbocycles. The summed E-state index contributed by atoms with van der Waals surface area (Å²) < 4.78 is 5.70. The molecule has 2 N–H and O–H groups in total. The number of hydrogen-bond acceptors (Lipinski definition) is 3. The van der Waals surface area contributed by atoms with Crippen molar-refractivity contribution >= 4 is 17.7 Å². The summed E-state index contributed by atoms with van der Waals surface area (Å²) in [5, 5.41) is 7.79. The summed E-state index contributed by atoms with van der Waals surface area (Å²) in [7, 11) is 1.84. The lowest BCUT2D eigenvalue weighted by molar-refractivity contribution is 0.317. The van der Waals surface area contributed by atoms with Crippen LogP contribution in [0, 0.1) is 0 Å². The number of aliphatic imine (C=N–C) groups is 1. The molecule has 1 fully saturated rings. The van der Waals surface area contributed by atoms with Crippen LogP contribution in [0.15, 0.2) is 29.3 Å². The molecule has 0 bridgehead atoms. The smallest absolute Gasteiger partial charge is 0.191 e. The maximum absolute atomic E-state index is 5.70. The lowest BCUT2D eigenvalue weighted by Crippen LogP contribution is -2.43. The highest BCUT2D eigenvalue weighted by Gasteiger charge is 2.24. The Morgan fingerprint density at radius 2 is 2.25 bits per heavy atom. The number of benzene rings is 1. The maximum Gasteiger partial charge on any atom is 0.191 e. The number of hydrogen-bond donors (Lipinski definition) is 2. The van der Waals surface area contributed by atoms with E-state index in [0.29, 0.717) is 6.04 Å². The van der Waals surface area contributed by atoms with Gasteiger partial charge in [-0.15, -0.1) is 0 Å². The van der Waals surface area contributed by atoms with E-state index in [4.69, 9.17) is 4.74 Å². The zero-order valence-corrected chi connectivity index (χ0v) is 16.0. The van der Waals surface area contributed by atoms with E-state index in [0.717, 1.165) is 43.0 Å². The van der Waals surface area contributed by atoms with E-state index in [1.54, 1.807) is 0 Å². The fourth-order valence-electron chi connectivity index (χ4n) is 3.01. The minimum atomic E-state index is 0.555. The molecule has 2 unspecified atom stereocenters. The molecule has 5 heteroatoms. The van der Waals surface area contributed by atoms with E-state index >= 15 is 0 Å². The molecule has 0 radical (unpaired) electrons. The normalized spacial score (nSPS) is 20.9. The summed E-state index contributed by atoms with van der Waals surface area (Å²) in [5.41, 5.74) is 1.29. The molecule has 134 valence electrons. The van der Waals surface area contributed by atoms with E-state index < -0.39 is 0 Å². The van der Waals surface area contributed by atoms with Gasteiger partial charge in [-0.25, -0.2) is 0 Å². The van der Waals surface area contributed by atoms with Crippen LogP contribution in [0.2, 0.25) is 0 Å². The Bertz CT molecular complexity index is 521. The molecule has 4 nitrogen and oxygen atoms in total. The second kappa shape index (κ2) is 10.5. The molecule has 0 spiro atoms. The molecule has 2 atom stereocenters. The van der Waals surface area contributed by atoms with Crippen LogP contribution in [-0.2, 0) is 6.42 Å². The first kappa shape index (κ1) is 19.0. The fraction of sp³-hybridized carbons (Fsp3) is 0.632. The van der Waals surface area contributed by atoms with Crippen molar-refractivity contribution in [3.63, 3.8) is 0 Å². The number of nitrogens with one attached hydrogen (secondary N) is 2. The van der Waals surface area contributed by atoms with Crippen molar-refractivity contribution in [1.29, 1.82) is 0 Å². The minimum Gasteiger partial charge on any atom is -0.494 e. The lowest BCUT2D eigenvalue weighted by atomic mass is 10.1. The van der Waals surface area contributed by atoms with Crippen molar-refractivity contribution in [3.8, 4) is 5.75 Å². The third-order valence-electron chi connectivity index (χ3n) is 4.36. The first-order valence-corrected chi connectivity index (χ1v) is 10.3. The van der Waals surface area contributed by atoms with E-state index in [9.17, 15) is 0 Å². The van der Waals surface area contributed by atoms with Crippen LogP contribution in [0.25, 0.3) is 0 Å². The van der Waals surface area contributed by atoms with Crippen molar-refractivity contribution in [1.82, 2.24) is 10.6 Å². The topological polar surface area (TPSA) is 45.6 Å². The standard InChI is InChI=1S/C19H31N3OS/c1-4-12-23-17-7-5-6-15(13-17)10-11-21-19(20-2)22-16-8-9-18(14-16)24-3/h5-7,13,16,18H,4,8-12,14H2,1-3H3,(H2,20,21,22). The average molecular weight is 350 g/mol. The molecule has 0 aliphatic heterocycles. The minimum absolute atomic E-state index is 0.555. The highest BCUT2D eigenvalue weighted by Crippen LogP contribution is 2.27. The molecule has 1 aliphatic rings. The molecule has 1 aliphatic carbocycles. The van der Waals surface area contributed by atoms with Crippen molar-refractivity contribution in [3.05, 3.63) is 29.8 Å². The fourth-order valence-corrected chi connectivity index (χ4v) is 3.81. The van der Waals surface area contributed by atoms with E-state index in [-0.39, 0.29) is 0 Å². The largest absolute Gasteiger partial charge is 0.494 e. The van der Waals surface area contributed by atoms with Crippen LogP contribution >= 0.6 is 11.8 Å². The van der Waals surface area contributed by atoms with Gasteiger partial charge in [-0.2, -0.15) is 11.8 Å². The van der Waals surface area contributed by atoms with E-state index in [1.165, 1.54) is 24.8 Å². The Balaban J connectivity index is 1.74. The molecule has 0 saturated heterocycles. The van der Waals surface area contributed by atoms with Crippen molar-refractivity contribution in [2.75, 3.05) is 26.5 Å². The van der Waals surface area contributed by atoms with Crippen LogP contribution in [0.3, 0.4) is 0 Å². The SMILES string of the molecule is CCCOc1cccc(CCNC(=NC)NC2CCC(SC)C2)c1. The van der Waals surface area contributed by atoms with Gasteiger partial charge < -0.3 is 15.4 Å².